The summed E-state index contributed by atoms with van der Waals surface area (Å²) in [5.74, 6) is 0. The maximum atomic E-state index is 11.2. The molecule has 0 unspecified atom stereocenters. The third-order valence-electron chi connectivity index (χ3n) is 4.57. The fourth-order valence-electron chi connectivity index (χ4n) is 3.26. The molecule has 1 amide bonds. The Morgan fingerprint density at radius 2 is 1.64 bits per heavy atom. The largest absolute Gasteiger partial charge is 0.465 e. The molecule has 0 radical (unpaired) electrons. The van der Waals surface area contributed by atoms with Crippen molar-refractivity contribution in [1.29, 1.82) is 0 Å². The lowest BCUT2D eigenvalue weighted by Gasteiger charge is -2.35. The van der Waals surface area contributed by atoms with Crippen LogP contribution in [0.2, 0.25) is 0 Å². The number of aryl methyl sites for hydroxylation is 1. The van der Waals surface area contributed by atoms with Crippen LogP contribution in [0.15, 0.2) is 73.2 Å². The predicted octanol–water partition coefficient (Wildman–Crippen LogP) is 3.60. The lowest BCUT2D eigenvalue weighted by Crippen LogP contribution is -2.41. The van der Waals surface area contributed by atoms with Crippen LogP contribution in [-0.2, 0) is 11.8 Å². The predicted molar refractivity (Wildman–Crippen MR) is 96.6 cm³/mol. The Morgan fingerprint density at radius 3 is 2.12 bits per heavy atom. The van der Waals surface area contributed by atoms with Crippen LogP contribution in [-0.4, -0.2) is 27.7 Å². The summed E-state index contributed by atoms with van der Waals surface area (Å²) >= 11 is 0. The van der Waals surface area contributed by atoms with E-state index in [1.165, 1.54) is 0 Å². The molecule has 0 atom stereocenters. The SMILES string of the molecule is O=C(O)NCC(CCc1cnc[nH]1)(c1ccccc1)c1ccccc1. The number of hydrogen-bond donors (Lipinski definition) is 3. The van der Waals surface area contributed by atoms with Crippen molar-refractivity contribution in [3.8, 4) is 0 Å². The molecule has 5 heteroatoms. The molecule has 0 aliphatic heterocycles. The molecule has 0 aliphatic rings. The van der Waals surface area contributed by atoms with Gasteiger partial charge in [0.25, 0.3) is 0 Å². The highest BCUT2D eigenvalue weighted by atomic mass is 16.4. The summed E-state index contributed by atoms with van der Waals surface area (Å²) in [5, 5.41) is 11.8. The molecule has 25 heavy (non-hydrogen) atoms. The highest BCUT2D eigenvalue weighted by Gasteiger charge is 2.34. The molecule has 0 saturated carbocycles. The van der Waals surface area contributed by atoms with Gasteiger partial charge in [0, 0.05) is 23.9 Å². The smallest absolute Gasteiger partial charge is 0.404 e. The number of hydrogen-bond acceptors (Lipinski definition) is 2. The average Bonchev–Trinajstić information content (AvgIpc) is 3.17. The van der Waals surface area contributed by atoms with Gasteiger partial charge in [-0.05, 0) is 24.0 Å². The van der Waals surface area contributed by atoms with Gasteiger partial charge in [0.15, 0.2) is 0 Å². The first-order valence-corrected chi connectivity index (χ1v) is 8.26. The number of imidazole rings is 1. The molecule has 3 N–H and O–H groups in total. The fraction of sp³-hybridized carbons (Fsp3) is 0.200. The number of aromatic amines is 1. The van der Waals surface area contributed by atoms with E-state index in [-0.39, 0.29) is 0 Å². The minimum atomic E-state index is -1.02. The van der Waals surface area contributed by atoms with Crippen molar-refractivity contribution in [2.24, 2.45) is 0 Å². The number of aromatic nitrogens is 2. The van der Waals surface area contributed by atoms with Crippen molar-refractivity contribution in [2.75, 3.05) is 6.54 Å². The molecule has 3 rings (SSSR count). The third-order valence-corrected chi connectivity index (χ3v) is 4.57. The van der Waals surface area contributed by atoms with E-state index in [4.69, 9.17) is 0 Å². The Hall–Kier alpha value is -3.08. The van der Waals surface area contributed by atoms with Crippen LogP contribution >= 0.6 is 0 Å². The first-order valence-electron chi connectivity index (χ1n) is 8.26. The lowest BCUT2D eigenvalue weighted by atomic mass is 9.71. The molecule has 0 bridgehead atoms. The van der Waals surface area contributed by atoms with Crippen molar-refractivity contribution in [3.63, 3.8) is 0 Å². The maximum Gasteiger partial charge on any atom is 0.404 e. The van der Waals surface area contributed by atoms with Crippen LogP contribution in [0.25, 0.3) is 0 Å². The second-order valence-electron chi connectivity index (χ2n) is 6.05. The van der Waals surface area contributed by atoms with Gasteiger partial charge in [0.1, 0.15) is 0 Å². The molecule has 1 heterocycles. The Morgan fingerprint density at radius 1 is 1.04 bits per heavy atom. The number of benzene rings is 2. The summed E-state index contributed by atoms with van der Waals surface area (Å²) in [5.41, 5.74) is 2.77. The van der Waals surface area contributed by atoms with Crippen molar-refractivity contribution in [2.45, 2.75) is 18.3 Å². The number of carbonyl (C=O) groups is 1. The molecule has 128 valence electrons. The minimum absolute atomic E-state index is 0.310. The molecule has 0 spiro atoms. The van der Waals surface area contributed by atoms with Gasteiger partial charge in [-0.3, -0.25) is 0 Å². The van der Waals surface area contributed by atoms with Crippen molar-refractivity contribution < 1.29 is 9.90 Å². The van der Waals surface area contributed by atoms with E-state index in [1.807, 2.05) is 42.6 Å². The van der Waals surface area contributed by atoms with E-state index < -0.39 is 11.5 Å². The summed E-state index contributed by atoms with van der Waals surface area (Å²) in [7, 11) is 0. The van der Waals surface area contributed by atoms with Gasteiger partial charge >= 0.3 is 6.09 Å². The number of carboxylic acid groups (broad SMARTS) is 1. The molecule has 0 saturated heterocycles. The van der Waals surface area contributed by atoms with E-state index >= 15 is 0 Å². The highest BCUT2D eigenvalue weighted by molar-refractivity contribution is 5.65. The Labute approximate surface area is 146 Å². The molecule has 0 aliphatic carbocycles. The first kappa shape index (κ1) is 16.8. The number of amides is 1. The van der Waals surface area contributed by atoms with E-state index in [9.17, 15) is 9.90 Å². The van der Waals surface area contributed by atoms with Gasteiger partial charge in [-0.2, -0.15) is 0 Å². The molecule has 0 fully saturated rings. The zero-order chi connectivity index (χ0) is 17.5. The molecule has 5 nitrogen and oxygen atoms in total. The molecule has 3 aromatic rings. The van der Waals surface area contributed by atoms with E-state index in [1.54, 1.807) is 6.33 Å². The Balaban J connectivity index is 2.03. The van der Waals surface area contributed by atoms with Gasteiger partial charge in [-0.1, -0.05) is 60.7 Å². The number of nitrogens with one attached hydrogen (secondary N) is 2. The van der Waals surface area contributed by atoms with E-state index in [0.29, 0.717) is 6.54 Å². The van der Waals surface area contributed by atoms with Crippen molar-refractivity contribution in [1.82, 2.24) is 15.3 Å². The fourth-order valence-corrected chi connectivity index (χ4v) is 3.26. The first-order chi connectivity index (χ1) is 12.2. The van der Waals surface area contributed by atoms with E-state index in [0.717, 1.165) is 29.7 Å². The summed E-state index contributed by atoms with van der Waals surface area (Å²) < 4.78 is 0. The zero-order valence-electron chi connectivity index (χ0n) is 13.9. The highest BCUT2D eigenvalue weighted by Crippen LogP contribution is 2.36. The molecule has 2 aromatic carbocycles. The molecular weight excluding hydrogens is 314 g/mol. The van der Waals surface area contributed by atoms with Gasteiger partial charge < -0.3 is 15.4 Å². The Bertz CT molecular complexity index is 747. The monoisotopic (exact) mass is 335 g/mol. The number of rotatable bonds is 7. The molecule has 1 aromatic heterocycles. The maximum absolute atomic E-state index is 11.2. The van der Waals surface area contributed by atoms with Crippen molar-refractivity contribution >= 4 is 6.09 Å². The van der Waals surface area contributed by atoms with Crippen LogP contribution in [0.3, 0.4) is 0 Å². The van der Waals surface area contributed by atoms with E-state index in [2.05, 4.69) is 39.6 Å². The van der Waals surface area contributed by atoms with Crippen LogP contribution in [0.1, 0.15) is 23.2 Å². The Kier molecular flexibility index (Phi) is 5.14. The van der Waals surface area contributed by atoms with Gasteiger partial charge in [-0.15, -0.1) is 0 Å². The topological polar surface area (TPSA) is 78.0 Å². The van der Waals surface area contributed by atoms with Gasteiger partial charge in [0.2, 0.25) is 0 Å². The lowest BCUT2D eigenvalue weighted by molar-refractivity contribution is 0.191. The molecular formula is C20H21N3O2. The van der Waals surface area contributed by atoms with Crippen molar-refractivity contribution in [3.05, 3.63) is 90.0 Å². The number of nitrogens with zero attached hydrogens (tertiary/aromatic N) is 1. The van der Waals surface area contributed by atoms with Gasteiger partial charge in [0.05, 0.1) is 6.33 Å². The summed E-state index contributed by atoms with van der Waals surface area (Å²) in [4.78, 5) is 18.4. The normalized spacial score (nSPS) is 11.2. The zero-order valence-corrected chi connectivity index (χ0v) is 13.9. The summed E-state index contributed by atoms with van der Waals surface area (Å²) in [6.07, 6.45) is 3.98. The minimum Gasteiger partial charge on any atom is -0.465 e. The van der Waals surface area contributed by atoms with Crippen LogP contribution < -0.4 is 5.32 Å². The van der Waals surface area contributed by atoms with Crippen LogP contribution in [0.5, 0.6) is 0 Å². The van der Waals surface area contributed by atoms with Crippen LogP contribution in [0.4, 0.5) is 4.79 Å². The van der Waals surface area contributed by atoms with Crippen LogP contribution in [0, 0.1) is 0 Å². The second-order valence-corrected chi connectivity index (χ2v) is 6.05. The van der Waals surface area contributed by atoms with Gasteiger partial charge in [-0.25, -0.2) is 9.78 Å². The average molecular weight is 335 g/mol. The summed E-state index contributed by atoms with van der Waals surface area (Å²) in [6, 6.07) is 20.1. The second kappa shape index (κ2) is 7.66. The quantitative estimate of drug-likeness (QED) is 0.617. The third kappa shape index (κ3) is 3.88. The number of H-pyrrole nitrogens is 1. The summed E-state index contributed by atoms with van der Waals surface area (Å²) in [6.45, 7) is 0.310. The standard InChI is InChI=1S/C20H21N3O2/c24-19(25)22-14-20(16-7-3-1-4-8-16,17-9-5-2-6-10-17)12-11-18-13-21-15-23-18/h1-10,13,15,22H,11-12,14H2,(H,21,23)(H,24,25).